The molecule has 3 aliphatic rings. The highest BCUT2D eigenvalue weighted by atomic mass is 16.2. The molecule has 0 radical (unpaired) electrons. The average molecular weight is 361 g/mol. The number of aromatic nitrogens is 2. The van der Waals surface area contributed by atoms with Crippen LogP contribution in [0.2, 0.25) is 0 Å². The van der Waals surface area contributed by atoms with Gasteiger partial charge in [-0.1, -0.05) is 38.5 Å². The van der Waals surface area contributed by atoms with Gasteiger partial charge in [0.15, 0.2) is 0 Å². The second kappa shape index (κ2) is 7.99. The smallest absolute Gasteiger partial charge is 0.330 e. The van der Waals surface area contributed by atoms with Crippen molar-refractivity contribution in [1.29, 1.82) is 0 Å². The Morgan fingerprint density at radius 1 is 0.769 bits per heavy atom. The number of H-pyrrole nitrogens is 1. The summed E-state index contributed by atoms with van der Waals surface area (Å²) < 4.78 is 1.46. The van der Waals surface area contributed by atoms with Crippen molar-refractivity contribution in [3.05, 3.63) is 26.9 Å². The van der Waals surface area contributed by atoms with Crippen LogP contribution in [-0.2, 0) is 0 Å². The molecule has 1 N–H and O–H groups in total. The van der Waals surface area contributed by atoms with Gasteiger partial charge in [0.2, 0.25) is 0 Å². The lowest BCUT2D eigenvalue weighted by Crippen LogP contribution is -2.52. The molecule has 2 aliphatic carbocycles. The molecular weight excluding hydrogens is 328 g/mol. The van der Waals surface area contributed by atoms with E-state index in [-0.39, 0.29) is 17.3 Å². The van der Waals surface area contributed by atoms with Crippen molar-refractivity contribution >= 4 is 5.82 Å². The number of hydrogen-bond donors (Lipinski definition) is 1. The molecule has 1 saturated heterocycles. The molecular formula is C20H32N4O2. The zero-order chi connectivity index (χ0) is 17.9. The van der Waals surface area contributed by atoms with E-state index in [2.05, 4.69) is 14.8 Å². The zero-order valence-corrected chi connectivity index (χ0v) is 15.8. The molecule has 4 rings (SSSR count). The summed E-state index contributed by atoms with van der Waals surface area (Å²) in [5.74, 6) is 0.704. The van der Waals surface area contributed by atoms with Gasteiger partial charge in [0, 0.05) is 44.3 Å². The van der Waals surface area contributed by atoms with Crippen LogP contribution in [0.25, 0.3) is 0 Å². The monoisotopic (exact) mass is 360 g/mol. The second-order valence-electron chi connectivity index (χ2n) is 8.27. The second-order valence-corrected chi connectivity index (χ2v) is 8.27. The molecule has 1 aliphatic heterocycles. The summed E-state index contributed by atoms with van der Waals surface area (Å²) in [4.78, 5) is 33.0. The molecule has 0 spiro atoms. The molecule has 1 aromatic heterocycles. The van der Waals surface area contributed by atoms with Gasteiger partial charge in [-0.2, -0.15) is 0 Å². The van der Waals surface area contributed by atoms with Crippen LogP contribution in [0, 0.1) is 0 Å². The molecule has 3 fully saturated rings. The van der Waals surface area contributed by atoms with Crippen LogP contribution in [0.1, 0.15) is 70.3 Å². The standard InChI is InChI=1S/C20H32N4O2/c25-19-15-18(21-20(26)24(19)17-9-5-2-6-10-17)23-13-11-22(12-14-23)16-7-3-1-4-8-16/h15-17H,1-14H2,(H,21,26). The molecule has 26 heavy (non-hydrogen) atoms. The van der Waals surface area contributed by atoms with E-state index in [0.29, 0.717) is 5.82 Å². The molecule has 6 heteroatoms. The largest absolute Gasteiger partial charge is 0.355 e. The SMILES string of the molecule is O=c1cc(N2CCN(C3CCCCC3)CC2)[nH]c(=O)n1C1CCCCC1. The maximum absolute atomic E-state index is 12.6. The minimum absolute atomic E-state index is 0.0807. The van der Waals surface area contributed by atoms with Gasteiger partial charge >= 0.3 is 5.69 Å². The molecule has 0 amide bonds. The van der Waals surface area contributed by atoms with Crippen LogP contribution >= 0.6 is 0 Å². The molecule has 2 heterocycles. The van der Waals surface area contributed by atoms with E-state index in [1.165, 1.54) is 43.1 Å². The summed E-state index contributed by atoms with van der Waals surface area (Å²) in [5.41, 5.74) is -0.362. The summed E-state index contributed by atoms with van der Waals surface area (Å²) in [6.07, 6.45) is 12.1. The lowest BCUT2D eigenvalue weighted by Gasteiger charge is -2.41. The first kappa shape index (κ1) is 17.8. The maximum atomic E-state index is 12.6. The summed E-state index contributed by atoms with van der Waals surface area (Å²) in [6, 6.07) is 2.47. The Morgan fingerprint density at radius 2 is 1.35 bits per heavy atom. The van der Waals surface area contributed by atoms with Gasteiger partial charge in [-0.15, -0.1) is 0 Å². The number of rotatable bonds is 3. The molecule has 2 saturated carbocycles. The van der Waals surface area contributed by atoms with Crippen molar-refractivity contribution < 1.29 is 0 Å². The number of anilines is 1. The number of nitrogens with one attached hydrogen (secondary N) is 1. The lowest BCUT2D eigenvalue weighted by atomic mass is 9.94. The Bertz CT molecular complexity index is 674. The molecule has 0 bridgehead atoms. The van der Waals surface area contributed by atoms with Gasteiger partial charge < -0.3 is 4.90 Å². The van der Waals surface area contributed by atoms with Crippen LogP contribution in [-0.4, -0.2) is 46.7 Å². The Hall–Kier alpha value is -1.56. The molecule has 0 unspecified atom stereocenters. The van der Waals surface area contributed by atoms with E-state index < -0.39 is 0 Å². The number of nitrogens with zero attached hydrogens (tertiary/aromatic N) is 3. The third kappa shape index (κ3) is 3.75. The number of hydrogen-bond acceptors (Lipinski definition) is 4. The Balaban J connectivity index is 1.44. The topological polar surface area (TPSA) is 61.3 Å². The maximum Gasteiger partial charge on any atom is 0.330 e. The molecule has 6 nitrogen and oxygen atoms in total. The van der Waals surface area contributed by atoms with E-state index in [4.69, 9.17) is 0 Å². The van der Waals surface area contributed by atoms with E-state index in [1.54, 1.807) is 6.07 Å². The molecule has 1 aromatic rings. The van der Waals surface area contributed by atoms with Crippen LogP contribution in [0.5, 0.6) is 0 Å². The van der Waals surface area contributed by atoms with Gasteiger partial charge in [-0.25, -0.2) is 4.79 Å². The highest BCUT2D eigenvalue weighted by Crippen LogP contribution is 2.26. The van der Waals surface area contributed by atoms with Gasteiger partial charge in [0.25, 0.3) is 5.56 Å². The fourth-order valence-electron chi connectivity index (χ4n) is 5.12. The third-order valence-corrected chi connectivity index (χ3v) is 6.64. The summed E-state index contributed by atoms with van der Waals surface area (Å²) in [7, 11) is 0. The normalized spacial score (nSPS) is 24.1. The minimum atomic E-state index is -0.228. The predicted octanol–water partition coefficient (Wildman–Crippen LogP) is 2.50. The highest BCUT2D eigenvalue weighted by molar-refractivity contribution is 5.37. The molecule has 144 valence electrons. The van der Waals surface area contributed by atoms with Crippen LogP contribution in [0.4, 0.5) is 5.82 Å². The number of piperazine rings is 1. The first-order valence-corrected chi connectivity index (χ1v) is 10.6. The van der Waals surface area contributed by atoms with Crippen LogP contribution in [0.15, 0.2) is 15.7 Å². The summed E-state index contributed by atoms with van der Waals surface area (Å²) in [5, 5.41) is 0. The minimum Gasteiger partial charge on any atom is -0.355 e. The summed E-state index contributed by atoms with van der Waals surface area (Å²) >= 11 is 0. The predicted molar refractivity (Wildman–Crippen MR) is 104 cm³/mol. The average Bonchev–Trinajstić information content (AvgIpc) is 2.69. The first-order valence-electron chi connectivity index (χ1n) is 10.6. The summed E-state index contributed by atoms with van der Waals surface area (Å²) in [6.45, 7) is 3.83. The van der Waals surface area contributed by atoms with Crippen LogP contribution in [0.3, 0.4) is 0 Å². The third-order valence-electron chi connectivity index (χ3n) is 6.64. The van der Waals surface area contributed by atoms with E-state index in [1.807, 2.05) is 0 Å². The van der Waals surface area contributed by atoms with Crippen LogP contribution < -0.4 is 16.1 Å². The van der Waals surface area contributed by atoms with Crippen molar-refractivity contribution in [3.8, 4) is 0 Å². The Kier molecular flexibility index (Phi) is 5.48. The lowest BCUT2D eigenvalue weighted by molar-refractivity contribution is 0.147. The van der Waals surface area contributed by atoms with Crippen molar-refractivity contribution in [2.24, 2.45) is 0 Å². The van der Waals surface area contributed by atoms with Crippen molar-refractivity contribution in [3.63, 3.8) is 0 Å². The molecule has 0 atom stereocenters. The molecule has 0 aromatic carbocycles. The zero-order valence-electron chi connectivity index (χ0n) is 15.8. The van der Waals surface area contributed by atoms with Crippen molar-refractivity contribution in [2.75, 3.05) is 31.1 Å². The van der Waals surface area contributed by atoms with Gasteiger partial charge in [0.1, 0.15) is 5.82 Å². The Morgan fingerprint density at radius 3 is 1.92 bits per heavy atom. The van der Waals surface area contributed by atoms with E-state index in [0.717, 1.165) is 57.9 Å². The first-order chi connectivity index (χ1) is 12.7. The van der Waals surface area contributed by atoms with E-state index in [9.17, 15) is 9.59 Å². The van der Waals surface area contributed by atoms with Crippen molar-refractivity contribution in [1.82, 2.24) is 14.5 Å². The number of aromatic amines is 1. The highest BCUT2D eigenvalue weighted by Gasteiger charge is 2.26. The fourth-order valence-corrected chi connectivity index (χ4v) is 5.12. The van der Waals surface area contributed by atoms with Gasteiger partial charge in [0.05, 0.1) is 0 Å². The fraction of sp³-hybridized carbons (Fsp3) is 0.800. The van der Waals surface area contributed by atoms with E-state index >= 15 is 0 Å². The Labute approximate surface area is 155 Å². The van der Waals surface area contributed by atoms with Gasteiger partial charge in [-0.05, 0) is 25.7 Å². The van der Waals surface area contributed by atoms with Gasteiger partial charge in [-0.3, -0.25) is 19.2 Å². The quantitative estimate of drug-likeness (QED) is 0.900. The van der Waals surface area contributed by atoms with Crippen molar-refractivity contribution in [2.45, 2.75) is 76.3 Å².